The summed E-state index contributed by atoms with van der Waals surface area (Å²) in [6, 6.07) is 18.0. The summed E-state index contributed by atoms with van der Waals surface area (Å²) in [7, 11) is 0. The Morgan fingerprint density at radius 1 is 1.12 bits per heavy atom. The zero-order valence-corrected chi connectivity index (χ0v) is 19.1. The normalized spacial score (nSPS) is 11.2. The van der Waals surface area contributed by atoms with Gasteiger partial charge in [-0.3, -0.25) is 9.69 Å². The monoisotopic (exact) mass is 462 g/mol. The molecule has 5 nitrogen and oxygen atoms in total. The highest BCUT2D eigenvalue weighted by atomic mass is 32.1. The van der Waals surface area contributed by atoms with E-state index >= 15 is 0 Å². The van der Waals surface area contributed by atoms with Gasteiger partial charge in [0.2, 0.25) is 0 Å². The maximum atomic E-state index is 13.4. The number of carbonyl (C=O) groups excluding carboxylic acids is 1. The second-order valence-corrected chi connectivity index (χ2v) is 9.10. The Kier molecular flexibility index (Phi) is 5.32. The SMILES string of the molecule is CCN(C(=O)c1cc2c(C)nn(-c3ccccc3)c2s1)c1nc(-c2ccc(F)cc2)cs1. The van der Waals surface area contributed by atoms with E-state index in [9.17, 15) is 9.18 Å². The number of aryl methyl sites for hydroxylation is 1. The Morgan fingerprint density at radius 3 is 2.59 bits per heavy atom. The summed E-state index contributed by atoms with van der Waals surface area (Å²) in [5.41, 5.74) is 3.39. The third-order valence-electron chi connectivity index (χ3n) is 5.18. The van der Waals surface area contributed by atoms with Crippen LogP contribution in [0.25, 0.3) is 27.2 Å². The third-order valence-corrected chi connectivity index (χ3v) is 7.14. The fraction of sp³-hybridized carbons (Fsp3) is 0.125. The zero-order chi connectivity index (χ0) is 22.2. The fourth-order valence-corrected chi connectivity index (χ4v) is 5.57. The molecule has 1 amide bonds. The van der Waals surface area contributed by atoms with Gasteiger partial charge in [-0.05, 0) is 56.3 Å². The average molecular weight is 463 g/mol. The molecule has 3 aromatic heterocycles. The number of thiazole rings is 1. The van der Waals surface area contributed by atoms with Gasteiger partial charge in [0.1, 0.15) is 10.6 Å². The lowest BCUT2D eigenvalue weighted by atomic mass is 10.2. The standard InChI is InChI=1S/C24H19FN4OS2/c1-3-28(24-26-20(14-31-24)16-9-11-17(25)12-10-16)22(30)21-13-19-15(2)27-29(23(19)32-21)18-7-5-4-6-8-18/h4-14H,3H2,1-2H3. The Morgan fingerprint density at radius 2 is 1.88 bits per heavy atom. The summed E-state index contributed by atoms with van der Waals surface area (Å²) in [6.45, 7) is 4.38. The highest BCUT2D eigenvalue weighted by molar-refractivity contribution is 7.20. The molecule has 5 aromatic rings. The Labute approximate surface area is 192 Å². The predicted octanol–water partition coefficient (Wildman–Crippen LogP) is 6.32. The van der Waals surface area contributed by atoms with Crippen LogP contribution in [0.5, 0.6) is 0 Å². The number of para-hydroxylation sites is 1. The van der Waals surface area contributed by atoms with Crippen LogP contribution >= 0.6 is 22.7 Å². The average Bonchev–Trinajstić information content (AvgIpc) is 3.53. The molecule has 160 valence electrons. The van der Waals surface area contributed by atoms with Gasteiger partial charge in [0.25, 0.3) is 5.91 Å². The van der Waals surface area contributed by atoms with Crippen molar-refractivity contribution in [2.24, 2.45) is 0 Å². The lowest BCUT2D eigenvalue weighted by Gasteiger charge is -2.16. The number of thiophene rings is 1. The van der Waals surface area contributed by atoms with E-state index in [0.29, 0.717) is 16.6 Å². The molecule has 8 heteroatoms. The number of fused-ring (bicyclic) bond motifs is 1. The first-order valence-electron chi connectivity index (χ1n) is 10.1. The first-order valence-corrected chi connectivity index (χ1v) is 11.8. The van der Waals surface area contributed by atoms with E-state index < -0.39 is 0 Å². The van der Waals surface area contributed by atoms with Crippen LogP contribution in [-0.2, 0) is 0 Å². The number of rotatable bonds is 5. The molecule has 0 atom stereocenters. The van der Waals surface area contributed by atoms with Gasteiger partial charge in [-0.25, -0.2) is 14.1 Å². The highest BCUT2D eigenvalue weighted by Gasteiger charge is 2.24. The van der Waals surface area contributed by atoms with Crippen LogP contribution in [-0.4, -0.2) is 27.2 Å². The summed E-state index contributed by atoms with van der Waals surface area (Å²) in [4.78, 5) is 21.3. The van der Waals surface area contributed by atoms with Crippen molar-refractivity contribution < 1.29 is 9.18 Å². The van der Waals surface area contributed by atoms with Crippen LogP contribution in [0, 0.1) is 12.7 Å². The van der Waals surface area contributed by atoms with Crippen molar-refractivity contribution in [1.82, 2.24) is 14.8 Å². The van der Waals surface area contributed by atoms with Crippen molar-refractivity contribution in [2.45, 2.75) is 13.8 Å². The number of aromatic nitrogens is 3. The van der Waals surface area contributed by atoms with Crippen LogP contribution in [0.15, 0.2) is 66.0 Å². The summed E-state index contributed by atoms with van der Waals surface area (Å²) < 4.78 is 15.1. The Hall–Kier alpha value is -3.36. The molecule has 0 spiro atoms. The number of halogens is 1. The molecule has 2 aromatic carbocycles. The summed E-state index contributed by atoms with van der Waals surface area (Å²) in [5.74, 6) is -0.378. The van der Waals surface area contributed by atoms with Gasteiger partial charge in [0.05, 0.1) is 22.0 Å². The minimum absolute atomic E-state index is 0.0901. The molecule has 0 radical (unpaired) electrons. The van der Waals surface area contributed by atoms with Crippen LogP contribution in [0.4, 0.5) is 9.52 Å². The van der Waals surface area contributed by atoms with Gasteiger partial charge >= 0.3 is 0 Å². The highest BCUT2D eigenvalue weighted by Crippen LogP contribution is 2.33. The van der Waals surface area contributed by atoms with Crippen molar-refractivity contribution >= 4 is 43.9 Å². The molecule has 0 aliphatic heterocycles. The second kappa shape index (κ2) is 8.29. The minimum Gasteiger partial charge on any atom is -0.284 e. The van der Waals surface area contributed by atoms with E-state index in [1.165, 1.54) is 34.8 Å². The number of nitrogens with zero attached hydrogens (tertiary/aromatic N) is 4. The quantitative estimate of drug-likeness (QED) is 0.307. The van der Waals surface area contributed by atoms with E-state index in [-0.39, 0.29) is 11.7 Å². The van der Waals surface area contributed by atoms with Crippen LogP contribution < -0.4 is 4.90 Å². The number of amides is 1. The summed E-state index contributed by atoms with van der Waals surface area (Å²) in [5, 5.41) is 8.14. The predicted molar refractivity (Wildman–Crippen MR) is 129 cm³/mol. The molecular weight excluding hydrogens is 443 g/mol. The molecule has 0 saturated carbocycles. The maximum Gasteiger partial charge on any atom is 0.270 e. The van der Waals surface area contributed by atoms with Crippen LogP contribution in [0.2, 0.25) is 0 Å². The molecule has 0 fully saturated rings. The molecule has 0 aliphatic rings. The number of benzene rings is 2. The van der Waals surface area contributed by atoms with E-state index in [4.69, 9.17) is 0 Å². The van der Waals surface area contributed by atoms with E-state index in [1.54, 1.807) is 17.0 Å². The molecule has 0 bridgehead atoms. The zero-order valence-electron chi connectivity index (χ0n) is 17.4. The maximum absolute atomic E-state index is 13.4. The third kappa shape index (κ3) is 3.61. The summed E-state index contributed by atoms with van der Waals surface area (Å²) in [6.07, 6.45) is 0. The summed E-state index contributed by atoms with van der Waals surface area (Å²) >= 11 is 2.84. The van der Waals surface area contributed by atoms with Crippen molar-refractivity contribution in [1.29, 1.82) is 0 Å². The van der Waals surface area contributed by atoms with Gasteiger partial charge in [-0.2, -0.15) is 5.10 Å². The molecule has 0 saturated heterocycles. The molecule has 3 heterocycles. The number of hydrogen-bond donors (Lipinski definition) is 0. The first kappa shape index (κ1) is 20.5. The van der Waals surface area contributed by atoms with E-state index in [2.05, 4.69) is 10.1 Å². The lowest BCUT2D eigenvalue weighted by Crippen LogP contribution is -2.29. The van der Waals surface area contributed by atoms with Crippen molar-refractivity contribution in [2.75, 3.05) is 11.4 Å². The molecule has 0 N–H and O–H groups in total. The van der Waals surface area contributed by atoms with Gasteiger partial charge in [0.15, 0.2) is 5.13 Å². The molecule has 0 unspecified atom stereocenters. The number of carbonyl (C=O) groups is 1. The first-order chi connectivity index (χ1) is 15.5. The van der Waals surface area contributed by atoms with Crippen LogP contribution in [0.1, 0.15) is 22.3 Å². The molecule has 32 heavy (non-hydrogen) atoms. The van der Waals surface area contributed by atoms with E-state index in [1.807, 2.05) is 60.3 Å². The van der Waals surface area contributed by atoms with Gasteiger partial charge in [0, 0.05) is 22.9 Å². The van der Waals surface area contributed by atoms with Crippen molar-refractivity contribution in [3.8, 4) is 16.9 Å². The topological polar surface area (TPSA) is 51.0 Å². The number of hydrogen-bond acceptors (Lipinski definition) is 5. The Bertz CT molecular complexity index is 1400. The molecule has 0 aliphatic carbocycles. The van der Waals surface area contributed by atoms with Crippen molar-refractivity contribution in [3.63, 3.8) is 0 Å². The van der Waals surface area contributed by atoms with Gasteiger partial charge in [-0.1, -0.05) is 18.2 Å². The smallest absolute Gasteiger partial charge is 0.270 e. The van der Waals surface area contributed by atoms with Gasteiger partial charge < -0.3 is 0 Å². The van der Waals surface area contributed by atoms with Crippen molar-refractivity contribution in [3.05, 3.63) is 82.4 Å². The Balaban J connectivity index is 1.48. The number of anilines is 1. The lowest BCUT2D eigenvalue weighted by molar-refractivity contribution is 0.0992. The fourth-order valence-electron chi connectivity index (χ4n) is 3.54. The largest absolute Gasteiger partial charge is 0.284 e. The van der Waals surface area contributed by atoms with Crippen LogP contribution in [0.3, 0.4) is 0 Å². The minimum atomic E-state index is -0.288. The molecule has 5 rings (SSSR count). The van der Waals surface area contributed by atoms with Gasteiger partial charge in [-0.15, -0.1) is 22.7 Å². The second-order valence-electron chi connectivity index (χ2n) is 7.23. The van der Waals surface area contributed by atoms with E-state index in [0.717, 1.165) is 32.9 Å². The molecular formula is C24H19FN4OS2.